The number of carbonyl (C=O) groups excluding carboxylic acids is 1. The summed E-state index contributed by atoms with van der Waals surface area (Å²) in [6.45, 7) is 1.86. The van der Waals surface area contributed by atoms with E-state index in [0.717, 1.165) is 25.8 Å². The van der Waals surface area contributed by atoms with Gasteiger partial charge in [0.05, 0.1) is 17.6 Å². The first-order valence-corrected chi connectivity index (χ1v) is 14.8. The number of benzene rings is 2. The number of aromatic nitrogens is 2. The normalized spacial score (nSPS) is 23.9. The average Bonchev–Trinajstić information content (AvgIpc) is 3.35. The molecule has 0 aliphatic heterocycles. The van der Waals surface area contributed by atoms with Crippen molar-refractivity contribution in [1.82, 2.24) is 13.5 Å². The predicted octanol–water partition coefficient (Wildman–Crippen LogP) is 4.17. The fourth-order valence-electron chi connectivity index (χ4n) is 6.59. The van der Waals surface area contributed by atoms with Crippen LogP contribution in [0.15, 0.2) is 60.4 Å². The number of nitrogens with zero attached hydrogens (tertiary/aromatic N) is 3. The van der Waals surface area contributed by atoms with Crippen LogP contribution in [0, 0.1) is 17.7 Å². The number of aliphatic hydroxyl groups excluding tert-OH is 2. The zero-order chi connectivity index (χ0) is 28.8. The van der Waals surface area contributed by atoms with Crippen LogP contribution in [0.1, 0.15) is 48.6 Å². The van der Waals surface area contributed by atoms with Gasteiger partial charge in [0, 0.05) is 48.7 Å². The van der Waals surface area contributed by atoms with E-state index in [1.165, 1.54) is 26.2 Å². The van der Waals surface area contributed by atoms with Crippen molar-refractivity contribution in [2.45, 2.75) is 44.4 Å². The lowest BCUT2D eigenvalue weighted by Gasteiger charge is -2.49. The number of ketones is 1. The first-order valence-electron chi connectivity index (χ1n) is 13.4. The minimum atomic E-state index is -4.08. The maximum Gasteiger partial charge on any atom is 0.323 e. The van der Waals surface area contributed by atoms with Crippen LogP contribution in [0.2, 0.25) is 0 Å². The second kappa shape index (κ2) is 10.6. The van der Waals surface area contributed by atoms with E-state index < -0.39 is 27.4 Å². The Labute approximate surface area is 233 Å². The maximum absolute atomic E-state index is 14.7. The van der Waals surface area contributed by atoms with Crippen LogP contribution in [0.5, 0.6) is 0 Å². The lowest BCUT2D eigenvalue weighted by atomic mass is 9.52. The van der Waals surface area contributed by atoms with E-state index in [0.29, 0.717) is 48.2 Å². The van der Waals surface area contributed by atoms with Gasteiger partial charge in [-0.25, -0.2) is 4.39 Å². The van der Waals surface area contributed by atoms with Gasteiger partial charge >= 0.3 is 10.2 Å². The van der Waals surface area contributed by atoms with Crippen LogP contribution in [0.4, 0.5) is 4.39 Å². The molecule has 2 aliphatic carbocycles. The monoisotopic (exact) mass is 567 g/mol. The molecule has 40 heavy (non-hydrogen) atoms. The zero-order valence-corrected chi connectivity index (χ0v) is 23.7. The summed E-state index contributed by atoms with van der Waals surface area (Å²) >= 11 is 0. The molecule has 3 aromatic rings. The SMILES string of the molecule is C[C@@H]1C(=O)C(=CO)C[C@]2(c3cccc(F)c3)c3nn(S(=O)(=O)N(C)C)c(-c4cccc(CCCO)c4)c3CC[C@@H]12. The van der Waals surface area contributed by atoms with E-state index in [1.54, 1.807) is 12.1 Å². The number of allylic oxidation sites excluding steroid dienone is 1. The molecule has 1 aromatic heterocycles. The Morgan fingerprint density at radius 3 is 2.62 bits per heavy atom. The summed E-state index contributed by atoms with van der Waals surface area (Å²) in [5.74, 6) is -1.40. The van der Waals surface area contributed by atoms with Gasteiger partial charge in [-0.1, -0.05) is 37.3 Å². The molecule has 2 N–H and O–H groups in total. The van der Waals surface area contributed by atoms with Crippen LogP contribution in [0.25, 0.3) is 11.3 Å². The number of rotatable bonds is 7. The molecule has 1 heterocycles. The summed E-state index contributed by atoms with van der Waals surface area (Å²) < 4.78 is 44.3. The molecule has 212 valence electrons. The highest BCUT2D eigenvalue weighted by Gasteiger charge is 2.56. The molecule has 0 spiro atoms. The molecule has 8 nitrogen and oxygen atoms in total. The van der Waals surface area contributed by atoms with Crippen molar-refractivity contribution in [2.24, 2.45) is 11.8 Å². The van der Waals surface area contributed by atoms with Crippen molar-refractivity contribution in [3.05, 3.63) is 88.6 Å². The smallest absolute Gasteiger partial charge is 0.323 e. The summed E-state index contributed by atoms with van der Waals surface area (Å²) in [7, 11) is -1.20. The molecule has 10 heteroatoms. The van der Waals surface area contributed by atoms with Crippen molar-refractivity contribution in [1.29, 1.82) is 0 Å². The number of fused-ring (bicyclic) bond motifs is 3. The Hall–Kier alpha value is -3.34. The van der Waals surface area contributed by atoms with E-state index in [4.69, 9.17) is 5.10 Å². The number of Topliss-reactive ketones (excluding diaryl/α,β-unsaturated/α-hetero) is 1. The third-order valence-electron chi connectivity index (χ3n) is 8.52. The molecule has 1 saturated carbocycles. The number of aryl methyl sites for hydroxylation is 1. The second-order valence-electron chi connectivity index (χ2n) is 10.9. The van der Waals surface area contributed by atoms with Crippen LogP contribution >= 0.6 is 0 Å². The van der Waals surface area contributed by atoms with Gasteiger partial charge in [-0.3, -0.25) is 4.79 Å². The van der Waals surface area contributed by atoms with Crippen molar-refractivity contribution < 1.29 is 27.8 Å². The van der Waals surface area contributed by atoms with Crippen molar-refractivity contribution in [2.75, 3.05) is 20.7 Å². The van der Waals surface area contributed by atoms with Crippen LogP contribution in [-0.4, -0.2) is 58.6 Å². The van der Waals surface area contributed by atoms with Gasteiger partial charge in [-0.15, -0.1) is 4.09 Å². The molecule has 1 fully saturated rings. The van der Waals surface area contributed by atoms with Gasteiger partial charge < -0.3 is 10.2 Å². The van der Waals surface area contributed by atoms with Gasteiger partial charge in [-0.05, 0) is 67.3 Å². The van der Waals surface area contributed by atoms with Crippen LogP contribution in [-0.2, 0) is 33.3 Å². The first-order chi connectivity index (χ1) is 19.1. The van der Waals surface area contributed by atoms with E-state index in [9.17, 15) is 27.8 Å². The summed E-state index contributed by atoms with van der Waals surface area (Å²) in [6.07, 6.45) is 3.13. The molecule has 0 radical (unpaired) electrons. The number of aliphatic hydroxyl groups is 2. The standard InChI is InChI=1S/C30H34FN3O5S/c1-19-26-13-12-25-27(21-9-4-7-20(15-21)8-6-14-35)34(40(38,39)33(2)3)32-29(25)30(26,17-22(18-36)28(19)37)23-10-5-11-24(31)16-23/h4-5,7,9-11,15-16,18-19,26,35-36H,6,8,12-14,17H2,1-3H3/t19-,26-,30+/m0/s1. The topological polar surface area (TPSA) is 113 Å². The third kappa shape index (κ3) is 4.38. The molecular weight excluding hydrogens is 533 g/mol. The minimum Gasteiger partial charge on any atom is -0.515 e. The molecule has 0 unspecified atom stereocenters. The Morgan fingerprint density at radius 2 is 1.95 bits per heavy atom. The highest BCUT2D eigenvalue weighted by atomic mass is 32.2. The van der Waals surface area contributed by atoms with Crippen molar-refractivity contribution in [3.63, 3.8) is 0 Å². The second-order valence-corrected chi connectivity index (χ2v) is 12.9. The fraction of sp³-hybridized carbons (Fsp3) is 0.400. The van der Waals surface area contributed by atoms with Gasteiger partial charge in [0.25, 0.3) is 0 Å². The Kier molecular flexibility index (Phi) is 7.45. The summed E-state index contributed by atoms with van der Waals surface area (Å²) in [4.78, 5) is 13.2. The van der Waals surface area contributed by atoms with Gasteiger partial charge in [0.1, 0.15) is 5.82 Å². The Balaban J connectivity index is 1.86. The molecule has 0 bridgehead atoms. The zero-order valence-electron chi connectivity index (χ0n) is 22.8. The van der Waals surface area contributed by atoms with Gasteiger partial charge in [0.2, 0.25) is 0 Å². The Bertz CT molecular complexity index is 1600. The third-order valence-corrected chi connectivity index (χ3v) is 10.1. The number of halogens is 1. The highest BCUT2D eigenvalue weighted by Crippen LogP contribution is 2.57. The largest absolute Gasteiger partial charge is 0.515 e. The van der Waals surface area contributed by atoms with E-state index in [2.05, 4.69) is 0 Å². The molecule has 2 aromatic carbocycles. The van der Waals surface area contributed by atoms with E-state index in [-0.39, 0.29) is 30.3 Å². The van der Waals surface area contributed by atoms with E-state index in [1.807, 2.05) is 31.2 Å². The van der Waals surface area contributed by atoms with Gasteiger partial charge in [-0.2, -0.15) is 17.8 Å². The molecule has 0 amide bonds. The van der Waals surface area contributed by atoms with E-state index >= 15 is 0 Å². The van der Waals surface area contributed by atoms with Crippen LogP contribution < -0.4 is 0 Å². The molecular formula is C30H34FN3O5S. The molecule has 5 rings (SSSR count). The first kappa shape index (κ1) is 28.2. The maximum atomic E-state index is 14.7. The predicted molar refractivity (Wildman–Crippen MR) is 150 cm³/mol. The fourth-order valence-corrected chi connectivity index (χ4v) is 7.53. The van der Waals surface area contributed by atoms with Crippen molar-refractivity contribution in [3.8, 4) is 11.3 Å². The van der Waals surface area contributed by atoms with Crippen molar-refractivity contribution >= 4 is 16.0 Å². The number of carbonyl (C=O) groups is 1. The summed E-state index contributed by atoms with van der Waals surface area (Å²) in [5.41, 5.74) is 3.02. The molecule has 0 saturated heterocycles. The average molecular weight is 568 g/mol. The lowest BCUT2D eigenvalue weighted by Crippen LogP contribution is -2.50. The van der Waals surface area contributed by atoms with Gasteiger partial charge in [0.15, 0.2) is 5.78 Å². The lowest BCUT2D eigenvalue weighted by molar-refractivity contribution is -0.123. The Morgan fingerprint density at radius 1 is 1.20 bits per heavy atom. The number of hydrogen-bond donors (Lipinski definition) is 2. The highest BCUT2D eigenvalue weighted by molar-refractivity contribution is 7.87. The quantitative estimate of drug-likeness (QED) is 0.327. The minimum absolute atomic E-state index is 0.0434. The molecule has 3 atom stereocenters. The summed E-state index contributed by atoms with van der Waals surface area (Å²) in [5, 5.41) is 24.2. The molecule has 2 aliphatic rings. The number of hydrogen-bond acceptors (Lipinski definition) is 6. The summed E-state index contributed by atoms with van der Waals surface area (Å²) in [6, 6.07) is 13.7. The van der Waals surface area contributed by atoms with Crippen LogP contribution in [0.3, 0.4) is 0 Å².